The van der Waals surface area contributed by atoms with Crippen LogP contribution in [0.3, 0.4) is 0 Å². The summed E-state index contributed by atoms with van der Waals surface area (Å²) in [6, 6.07) is 6.31. The first kappa shape index (κ1) is 18.5. The monoisotopic (exact) mass is 332 g/mol. The number of rotatable bonds is 7. The van der Waals surface area contributed by atoms with Gasteiger partial charge in [-0.3, -0.25) is 9.59 Å². The van der Waals surface area contributed by atoms with Crippen molar-refractivity contribution in [3.8, 4) is 0 Å². The van der Waals surface area contributed by atoms with Gasteiger partial charge in [0.25, 0.3) is 0 Å². The van der Waals surface area contributed by atoms with E-state index < -0.39 is 5.41 Å². The van der Waals surface area contributed by atoms with Crippen LogP contribution in [0.1, 0.15) is 29.5 Å². The maximum atomic E-state index is 13.2. The molecule has 2 rings (SSSR count). The van der Waals surface area contributed by atoms with Crippen LogP contribution in [-0.2, 0) is 19.7 Å². The van der Waals surface area contributed by atoms with Gasteiger partial charge in [-0.1, -0.05) is 29.3 Å². The Bertz CT molecular complexity index is 601. The number of nitrogens with zero attached hydrogens (tertiary/aromatic N) is 2. The number of ether oxygens (including phenoxy) is 1. The predicted molar refractivity (Wildman–Crippen MR) is 94.0 cm³/mol. The number of benzene rings is 1. The van der Waals surface area contributed by atoms with Crippen LogP contribution < -0.4 is 0 Å². The highest BCUT2D eigenvalue weighted by molar-refractivity contribution is 5.94. The molecule has 1 aromatic rings. The first-order valence-electron chi connectivity index (χ1n) is 8.37. The summed E-state index contributed by atoms with van der Waals surface area (Å²) in [5, 5.41) is 0. The maximum absolute atomic E-state index is 13.2. The van der Waals surface area contributed by atoms with Gasteiger partial charge in [-0.2, -0.15) is 0 Å². The minimum atomic E-state index is -0.461. The lowest BCUT2D eigenvalue weighted by molar-refractivity contribution is -0.141. The zero-order valence-electron chi connectivity index (χ0n) is 15.4. The smallest absolute Gasteiger partial charge is 0.241 e. The Hall–Kier alpha value is -1.88. The zero-order valence-corrected chi connectivity index (χ0v) is 15.4. The summed E-state index contributed by atoms with van der Waals surface area (Å²) in [5.74, 6) is -0.0320. The number of likely N-dealkylation sites (N-methyl/N-ethyl adjacent to an activating group) is 1. The lowest BCUT2D eigenvalue weighted by Gasteiger charge is -2.28. The molecule has 1 aromatic carbocycles. The third-order valence-corrected chi connectivity index (χ3v) is 4.61. The molecule has 0 radical (unpaired) electrons. The highest BCUT2D eigenvalue weighted by Crippen LogP contribution is 2.50. The fraction of sp³-hybridized carbons (Fsp3) is 0.579. The standard InChI is InChI=1S/C19H28N2O3/c1-14-10-15(2)12-16(11-14)19(6-7-19)18(23)21(8-9-24-5)13-17(22)20(3)4/h10-12H,6-9,13H2,1-5H3. The molecule has 0 aromatic heterocycles. The van der Waals surface area contributed by atoms with Gasteiger partial charge in [0.1, 0.15) is 0 Å². The largest absolute Gasteiger partial charge is 0.383 e. The number of aryl methyl sites for hydroxylation is 2. The normalized spacial score (nSPS) is 15.0. The highest BCUT2D eigenvalue weighted by Gasteiger charge is 2.53. The molecule has 1 fully saturated rings. The van der Waals surface area contributed by atoms with E-state index >= 15 is 0 Å². The Balaban J connectivity index is 2.25. The number of hydrogen-bond donors (Lipinski definition) is 0. The van der Waals surface area contributed by atoms with Crippen molar-refractivity contribution in [2.45, 2.75) is 32.1 Å². The highest BCUT2D eigenvalue weighted by atomic mass is 16.5. The third kappa shape index (κ3) is 3.96. The van der Waals surface area contributed by atoms with E-state index in [1.54, 1.807) is 26.1 Å². The first-order chi connectivity index (χ1) is 11.3. The summed E-state index contributed by atoms with van der Waals surface area (Å²) in [4.78, 5) is 28.5. The van der Waals surface area contributed by atoms with Crippen molar-refractivity contribution < 1.29 is 14.3 Å². The van der Waals surface area contributed by atoms with E-state index in [0.717, 1.165) is 29.5 Å². The van der Waals surface area contributed by atoms with Gasteiger partial charge in [-0.25, -0.2) is 0 Å². The topological polar surface area (TPSA) is 49.9 Å². The molecule has 1 saturated carbocycles. The lowest BCUT2D eigenvalue weighted by atomic mass is 9.91. The molecule has 1 aliphatic rings. The van der Waals surface area contributed by atoms with Crippen molar-refractivity contribution in [1.82, 2.24) is 9.80 Å². The van der Waals surface area contributed by atoms with Crippen molar-refractivity contribution in [3.05, 3.63) is 34.9 Å². The molecule has 0 N–H and O–H groups in total. The second kappa shape index (κ2) is 7.34. The minimum absolute atomic E-state index is 0.0414. The van der Waals surface area contributed by atoms with E-state index in [1.165, 1.54) is 4.90 Å². The Morgan fingerprint density at radius 3 is 2.17 bits per heavy atom. The van der Waals surface area contributed by atoms with Gasteiger partial charge < -0.3 is 14.5 Å². The summed E-state index contributed by atoms with van der Waals surface area (Å²) in [5.41, 5.74) is 2.94. The lowest BCUT2D eigenvalue weighted by Crippen LogP contribution is -2.46. The molecule has 5 nitrogen and oxygen atoms in total. The second-order valence-corrected chi connectivity index (χ2v) is 6.97. The average molecular weight is 332 g/mol. The fourth-order valence-electron chi connectivity index (χ4n) is 3.06. The van der Waals surface area contributed by atoms with E-state index in [1.807, 2.05) is 0 Å². The molecular weight excluding hydrogens is 304 g/mol. The molecule has 0 spiro atoms. The minimum Gasteiger partial charge on any atom is -0.383 e. The van der Waals surface area contributed by atoms with Crippen molar-refractivity contribution in [3.63, 3.8) is 0 Å². The summed E-state index contributed by atoms with van der Waals surface area (Å²) in [6.07, 6.45) is 1.68. The van der Waals surface area contributed by atoms with Crippen LogP contribution in [0.4, 0.5) is 0 Å². The van der Waals surface area contributed by atoms with Crippen LogP contribution in [0.2, 0.25) is 0 Å². The van der Waals surface area contributed by atoms with Gasteiger partial charge in [0.05, 0.1) is 18.6 Å². The Labute approximate surface area is 144 Å². The molecule has 2 amide bonds. The van der Waals surface area contributed by atoms with E-state index in [9.17, 15) is 9.59 Å². The molecule has 0 atom stereocenters. The zero-order chi connectivity index (χ0) is 17.9. The number of carbonyl (C=O) groups excluding carboxylic acids is 2. The first-order valence-corrected chi connectivity index (χ1v) is 8.37. The van der Waals surface area contributed by atoms with Crippen molar-refractivity contribution in [2.24, 2.45) is 0 Å². The summed E-state index contributed by atoms with van der Waals surface area (Å²) in [6.45, 7) is 5.06. The van der Waals surface area contributed by atoms with Crippen LogP contribution >= 0.6 is 0 Å². The molecule has 0 unspecified atom stereocenters. The number of carbonyl (C=O) groups is 2. The fourth-order valence-corrected chi connectivity index (χ4v) is 3.06. The molecule has 132 valence electrons. The van der Waals surface area contributed by atoms with E-state index in [2.05, 4.69) is 32.0 Å². The van der Waals surface area contributed by atoms with Gasteiger partial charge in [0.15, 0.2) is 0 Å². The number of methoxy groups -OCH3 is 1. The molecule has 0 saturated heterocycles. The van der Waals surface area contributed by atoms with E-state index in [4.69, 9.17) is 4.74 Å². The van der Waals surface area contributed by atoms with Gasteiger partial charge in [-0.05, 0) is 32.3 Å². The molecule has 5 heteroatoms. The van der Waals surface area contributed by atoms with Gasteiger partial charge >= 0.3 is 0 Å². The second-order valence-electron chi connectivity index (χ2n) is 6.97. The maximum Gasteiger partial charge on any atom is 0.241 e. The molecule has 1 aliphatic carbocycles. The molecule has 0 aliphatic heterocycles. The van der Waals surface area contributed by atoms with Gasteiger partial charge in [-0.15, -0.1) is 0 Å². The third-order valence-electron chi connectivity index (χ3n) is 4.61. The molecule has 0 heterocycles. The van der Waals surface area contributed by atoms with Gasteiger partial charge in [0, 0.05) is 27.7 Å². The van der Waals surface area contributed by atoms with Crippen LogP contribution in [0, 0.1) is 13.8 Å². The van der Waals surface area contributed by atoms with Crippen LogP contribution in [-0.4, -0.2) is 62.5 Å². The Kier molecular flexibility index (Phi) is 5.65. The molecular formula is C19H28N2O3. The van der Waals surface area contributed by atoms with Crippen LogP contribution in [0.25, 0.3) is 0 Å². The Morgan fingerprint density at radius 2 is 1.71 bits per heavy atom. The number of hydrogen-bond acceptors (Lipinski definition) is 3. The van der Waals surface area contributed by atoms with Crippen LogP contribution in [0.15, 0.2) is 18.2 Å². The summed E-state index contributed by atoms with van der Waals surface area (Å²) < 4.78 is 5.12. The predicted octanol–water partition coefficient (Wildman–Crippen LogP) is 1.90. The quantitative estimate of drug-likeness (QED) is 0.766. The summed E-state index contributed by atoms with van der Waals surface area (Å²) >= 11 is 0. The number of amides is 2. The molecule has 24 heavy (non-hydrogen) atoms. The summed E-state index contributed by atoms with van der Waals surface area (Å²) in [7, 11) is 5.02. The van der Waals surface area contributed by atoms with Gasteiger partial charge in [0.2, 0.25) is 11.8 Å². The Morgan fingerprint density at radius 1 is 1.12 bits per heavy atom. The van der Waals surface area contributed by atoms with E-state index in [-0.39, 0.29) is 18.4 Å². The SMILES string of the molecule is COCCN(CC(=O)N(C)C)C(=O)C1(c2cc(C)cc(C)c2)CC1. The van der Waals surface area contributed by atoms with Crippen molar-refractivity contribution >= 4 is 11.8 Å². The molecule has 0 bridgehead atoms. The van der Waals surface area contributed by atoms with Crippen molar-refractivity contribution in [2.75, 3.05) is 40.9 Å². The average Bonchev–Trinajstić information content (AvgIpc) is 3.31. The van der Waals surface area contributed by atoms with Crippen LogP contribution in [0.5, 0.6) is 0 Å². The van der Waals surface area contributed by atoms with E-state index in [0.29, 0.717) is 13.2 Å². The van der Waals surface area contributed by atoms with Crippen molar-refractivity contribution in [1.29, 1.82) is 0 Å².